The Morgan fingerprint density at radius 1 is 1.40 bits per heavy atom. The van der Waals surface area contributed by atoms with Crippen LogP contribution in [0.1, 0.15) is 11.1 Å². The molecule has 1 fully saturated rings. The van der Waals surface area contributed by atoms with Crippen LogP contribution in [0.25, 0.3) is 0 Å². The van der Waals surface area contributed by atoms with Gasteiger partial charge in [-0.3, -0.25) is 4.79 Å². The Bertz CT molecular complexity index is 383. The van der Waals surface area contributed by atoms with E-state index in [1.807, 2.05) is 19.1 Å². The average molecular weight is 204 g/mol. The molecule has 1 aromatic carbocycles. The van der Waals surface area contributed by atoms with Crippen LogP contribution in [-0.4, -0.2) is 19.0 Å². The summed E-state index contributed by atoms with van der Waals surface area (Å²) in [4.78, 5) is 11.7. The van der Waals surface area contributed by atoms with E-state index >= 15 is 0 Å². The van der Waals surface area contributed by atoms with Crippen LogP contribution in [-0.2, 0) is 4.79 Å². The SMILES string of the molecule is Cc1cccc(NC(=O)C2CNC2)c1C. The van der Waals surface area contributed by atoms with Gasteiger partial charge in [-0.25, -0.2) is 0 Å². The van der Waals surface area contributed by atoms with Crippen molar-refractivity contribution < 1.29 is 4.79 Å². The standard InChI is InChI=1S/C12H16N2O/c1-8-4-3-5-11(9(8)2)14-12(15)10-6-13-7-10/h3-5,10,13H,6-7H2,1-2H3,(H,14,15). The van der Waals surface area contributed by atoms with E-state index in [9.17, 15) is 4.79 Å². The lowest BCUT2D eigenvalue weighted by atomic mass is 10.0. The molecule has 15 heavy (non-hydrogen) atoms. The van der Waals surface area contributed by atoms with Crippen molar-refractivity contribution in [1.82, 2.24) is 5.32 Å². The third kappa shape index (κ3) is 2.02. The second-order valence-corrected chi connectivity index (χ2v) is 4.09. The maximum atomic E-state index is 11.7. The Balaban J connectivity index is 2.09. The lowest BCUT2D eigenvalue weighted by Gasteiger charge is -2.26. The second-order valence-electron chi connectivity index (χ2n) is 4.09. The van der Waals surface area contributed by atoms with Gasteiger partial charge in [0.1, 0.15) is 0 Å². The number of hydrogen-bond donors (Lipinski definition) is 2. The summed E-state index contributed by atoms with van der Waals surface area (Å²) in [6.07, 6.45) is 0. The number of benzene rings is 1. The highest BCUT2D eigenvalue weighted by Gasteiger charge is 2.24. The van der Waals surface area contributed by atoms with Crippen molar-refractivity contribution in [2.24, 2.45) is 5.92 Å². The molecule has 0 spiro atoms. The lowest BCUT2D eigenvalue weighted by molar-refractivity contribution is -0.121. The minimum Gasteiger partial charge on any atom is -0.326 e. The number of amides is 1. The molecule has 0 aromatic heterocycles. The van der Waals surface area contributed by atoms with E-state index in [0.717, 1.165) is 24.3 Å². The summed E-state index contributed by atoms with van der Waals surface area (Å²) >= 11 is 0. The molecular weight excluding hydrogens is 188 g/mol. The van der Waals surface area contributed by atoms with Crippen LogP contribution in [0.2, 0.25) is 0 Å². The minimum absolute atomic E-state index is 0.127. The number of rotatable bonds is 2. The average Bonchev–Trinajstić information content (AvgIpc) is 2.10. The number of nitrogens with one attached hydrogen (secondary N) is 2. The van der Waals surface area contributed by atoms with Crippen molar-refractivity contribution in [2.45, 2.75) is 13.8 Å². The van der Waals surface area contributed by atoms with Crippen molar-refractivity contribution in [3.05, 3.63) is 29.3 Å². The molecule has 0 atom stereocenters. The van der Waals surface area contributed by atoms with Crippen molar-refractivity contribution in [1.29, 1.82) is 0 Å². The zero-order valence-corrected chi connectivity index (χ0v) is 9.13. The van der Waals surface area contributed by atoms with Crippen LogP contribution >= 0.6 is 0 Å². The van der Waals surface area contributed by atoms with E-state index in [-0.39, 0.29) is 11.8 Å². The van der Waals surface area contributed by atoms with E-state index in [2.05, 4.69) is 23.6 Å². The first-order valence-corrected chi connectivity index (χ1v) is 5.26. The van der Waals surface area contributed by atoms with Crippen LogP contribution in [0.4, 0.5) is 5.69 Å². The summed E-state index contributed by atoms with van der Waals surface area (Å²) in [5, 5.41) is 6.07. The zero-order chi connectivity index (χ0) is 10.8. The topological polar surface area (TPSA) is 41.1 Å². The van der Waals surface area contributed by atoms with Crippen molar-refractivity contribution in [2.75, 3.05) is 18.4 Å². The number of anilines is 1. The molecule has 0 saturated carbocycles. The van der Waals surface area contributed by atoms with Crippen LogP contribution in [0, 0.1) is 19.8 Å². The fraction of sp³-hybridized carbons (Fsp3) is 0.417. The van der Waals surface area contributed by atoms with Gasteiger partial charge >= 0.3 is 0 Å². The van der Waals surface area contributed by atoms with Gasteiger partial charge in [0.25, 0.3) is 0 Å². The first-order valence-electron chi connectivity index (χ1n) is 5.26. The summed E-state index contributed by atoms with van der Waals surface area (Å²) in [6.45, 7) is 5.69. The van der Waals surface area contributed by atoms with Gasteiger partial charge in [-0.05, 0) is 31.0 Å². The monoisotopic (exact) mass is 204 g/mol. The van der Waals surface area contributed by atoms with E-state index < -0.39 is 0 Å². The van der Waals surface area contributed by atoms with Crippen LogP contribution in [0.3, 0.4) is 0 Å². The van der Waals surface area contributed by atoms with Crippen LogP contribution in [0.5, 0.6) is 0 Å². The molecule has 1 aliphatic heterocycles. The Kier molecular flexibility index (Phi) is 2.73. The van der Waals surface area contributed by atoms with Crippen LogP contribution in [0.15, 0.2) is 18.2 Å². The fourth-order valence-corrected chi connectivity index (χ4v) is 1.60. The van der Waals surface area contributed by atoms with Crippen LogP contribution < -0.4 is 10.6 Å². The van der Waals surface area contributed by atoms with Crippen molar-refractivity contribution in [3.63, 3.8) is 0 Å². The molecule has 1 aromatic rings. The lowest BCUT2D eigenvalue weighted by Crippen LogP contribution is -2.48. The largest absolute Gasteiger partial charge is 0.326 e. The number of carbonyl (C=O) groups excluding carboxylic acids is 1. The number of hydrogen-bond acceptors (Lipinski definition) is 2. The highest BCUT2D eigenvalue weighted by Crippen LogP contribution is 2.19. The van der Waals surface area contributed by atoms with Crippen molar-refractivity contribution in [3.8, 4) is 0 Å². The summed E-state index contributed by atoms with van der Waals surface area (Å²) in [5.41, 5.74) is 3.30. The Morgan fingerprint density at radius 3 is 2.73 bits per heavy atom. The highest BCUT2D eigenvalue weighted by atomic mass is 16.2. The van der Waals surface area contributed by atoms with Gasteiger partial charge in [0.15, 0.2) is 0 Å². The molecule has 80 valence electrons. The summed E-state index contributed by atoms with van der Waals surface area (Å²) < 4.78 is 0. The van der Waals surface area contributed by atoms with Gasteiger partial charge < -0.3 is 10.6 Å². The van der Waals surface area contributed by atoms with Gasteiger partial charge in [-0.2, -0.15) is 0 Å². The second kappa shape index (κ2) is 4.03. The predicted molar refractivity (Wildman–Crippen MR) is 60.9 cm³/mol. The third-order valence-corrected chi connectivity index (χ3v) is 3.01. The molecule has 1 saturated heterocycles. The number of carbonyl (C=O) groups is 1. The molecular formula is C12H16N2O. The maximum Gasteiger partial charge on any atom is 0.230 e. The van der Waals surface area contributed by atoms with Gasteiger partial charge in [0, 0.05) is 18.8 Å². The van der Waals surface area contributed by atoms with E-state index in [4.69, 9.17) is 0 Å². The zero-order valence-electron chi connectivity index (χ0n) is 9.13. The molecule has 3 heteroatoms. The Hall–Kier alpha value is -1.35. The Labute approximate surface area is 89.9 Å². The molecule has 1 aliphatic rings. The molecule has 2 N–H and O–H groups in total. The first kappa shape index (κ1) is 10.2. The summed E-state index contributed by atoms with van der Waals surface area (Å²) in [7, 11) is 0. The minimum atomic E-state index is 0.127. The summed E-state index contributed by atoms with van der Waals surface area (Å²) in [6, 6.07) is 5.97. The molecule has 1 heterocycles. The van der Waals surface area contributed by atoms with E-state index in [1.54, 1.807) is 0 Å². The summed E-state index contributed by atoms with van der Waals surface area (Å²) in [5.74, 6) is 0.271. The molecule has 0 radical (unpaired) electrons. The fourth-order valence-electron chi connectivity index (χ4n) is 1.60. The van der Waals surface area contributed by atoms with Gasteiger partial charge in [0.2, 0.25) is 5.91 Å². The van der Waals surface area contributed by atoms with Gasteiger partial charge in [-0.1, -0.05) is 12.1 Å². The van der Waals surface area contributed by atoms with E-state index in [0.29, 0.717) is 0 Å². The normalized spacial score (nSPS) is 15.9. The first-order chi connectivity index (χ1) is 7.18. The quantitative estimate of drug-likeness (QED) is 0.765. The Morgan fingerprint density at radius 2 is 2.13 bits per heavy atom. The smallest absolute Gasteiger partial charge is 0.230 e. The highest BCUT2D eigenvalue weighted by molar-refractivity contribution is 5.94. The van der Waals surface area contributed by atoms with Gasteiger partial charge in [0.05, 0.1) is 5.92 Å². The van der Waals surface area contributed by atoms with Gasteiger partial charge in [-0.15, -0.1) is 0 Å². The molecule has 2 rings (SSSR count). The number of aryl methyl sites for hydroxylation is 1. The molecule has 3 nitrogen and oxygen atoms in total. The van der Waals surface area contributed by atoms with E-state index in [1.165, 1.54) is 5.56 Å². The molecule has 0 unspecified atom stereocenters. The van der Waals surface area contributed by atoms with Crippen molar-refractivity contribution >= 4 is 11.6 Å². The molecule has 0 bridgehead atoms. The maximum absolute atomic E-state index is 11.7. The molecule has 0 aliphatic carbocycles. The molecule has 1 amide bonds. The third-order valence-electron chi connectivity index (χ3n) is 3.01. The predicted octanol–water partition coefficient (Wildman–Crippen LogP) is 1.46.